The molecule has 0 spiro atoms. The van der Waals surface area contributed by atoms with E-state index in [4.69, 9.17) is 5.73 Å². The number of piperidine rings is 1. The lowest BCUT2D eigenvalue weighted by molar-refractivity contribution is -0.0640. The number of alkyl halides is 2. The standard InChI is InChI=1S/C31H34F2N8/c32-31(33)14-16-40(17-15-31)25-12-9-20-8-11-24(18-22(20)10-13-25)35-30-36-29(34)41(39-30)27-19-23-6-3-5-21-4-1-2-7-26(21)28(23)38-37-27/h1-2,4,7-8,11,18-19,25H,3,5-6,9-10,12-17H2,(H3,34,35,36,39). The Labute approximate surface area is 238 Å². The highest BCUT2D eigenvalue weighted by Gasteiger charge is 2.36. The van der Waals surface area contributed by atoms with Crippen LogP contribution in [0.4, 0.5) is 26.4 Å². The van der Waals surface area contributed by atoms with Gasteiger partial charge in [-0.3, -0.25) is 4.90 Å². The number of nitrogen functional groups attached to an aromatic ring is 1. The second-order valence-electron chi connectivity index (χ2n) is 11.5. The molecule has 0 amide bonds. The normalized spacial score (nSPS) is 20.3. The summed E-state index contributed by atoms with van der Waals surface area (Å²) in [6.45, 7) is 0.969. The van der Waals surface area contributed by atoms with E-state index in [2.05, 4.69) is 60.8 Å². The molecule has 1 unspecified atom stereocenters. The van der Waals surface area contributed by atoms with Crippen molar-refractivity contribution >= 4 is 17.6 Å². The maximum atomic E-state index is 13.7. The van der Waals surface area contributed by atoms with Gasteiger partial charge in [0.1, 0.15) is 0 Å². The molecule has 8 nitrogen and oxygen atoms in total. The molecule has 1 fully saturated rings. The molecule has 1 atom stereocenters. The molecule has 2 aromatic carbocycles. The van der Waals surface area contributed by atoms with Gasteiger partial charge in [-0.05, 0) is 85.4 Å². The van der Waals surface area contributed by atoms with Crippen molar-refractivity contribution in [1.29, 1.82) is 0 Å². The minimum Gasteiger partial charge on any atom is -0.368 e. The number of likely N-dealkylation sites (tertiary alicyclic amines) is 1. The van der Waals surface area contributed by atoms with Gasteiger partial charge in [-0.2, -0.15) is 9.67 Å². The Bertz CT molecular complexity index is 1570. The molecule has 10 heteroatoms. The first-order valence-electron chi connectivity index (χ1n) is 14.6. The SMILES string of the molecule is Nc1nc(Nc2ccc3c(c2)CCC(N2CCC(F)(F)CC2)CC3)nn1-c1cc2c(nn1)-c1ccccc1CCC2. The number of anilines is 3. The molecule has 212 valence electrons. The van der Waals surface area contributed by atoms with E-state index in [1.807, 2.05) is 18.2 Å². The van der Waals surface area contributed by atoms with E-state index in [1.165, 1.54) is 21.4 Å². The average Bonchev–Trinajstić information content (AvgIpc) is 3.11. The van der Waals surface area contributed by atoms with Gasteiger partial charge in [0, 0.05) is 43.2 Å². The molecule has 1 saturated heterocycles. The Balaban J connectivity index is 1.06. The van der Waals surface area contributed by atoms with E-state index in [0.717, 1.165) is 67.5 Å². The molecule has 4 aromatic rings. The summed E-state index contributed by atoms with van der Waals surface area (Å²) >= 11 is 0. The predicted molar refractivity (Wildman–Crippen MR) is 155 cm³/mol. The average molecular weight is 557 g/mol. The molecule has 3 N–H and O–H groups in total. The fourth-order valence-corrected chi connectivity index (χ4v) is 6.60. The smallest absolute Gasteiger partial charge is 0.250 e. The van der Waals surface area contributed by atoms with Crippen LogP contribution in [0.3, 0.4) is 0 Å². The van der Waals surface area contributed by atoms with Crippen molar-refractivity contribution in [3.8, 4) is 17.1 Å². The van der Waals surface area contributed by atoms with Crippen LogP contribution in [0.25, 0.3) is 17.1 Å². The minimum absolute atomic E-state index is 0.0295. The zero-order valence-electron chi connectivity index (χ0n) is 23.0. The van der Waals surface area contributed by atoms with Crippen molar-refractivity contribution in [3.05, 3.63) is 70.8 Å². The van der Waals surface area contributed by atoms with Crippen molar-refractivity contribution in [2.45, 2.75) is 69.8 Å². The molecular formula is C31H34F2N8. The van der Waals surface area contributed by atoms with E-state index in [-0.39, 0.29) is 18.8 Å². The second-order valence-corrected chi connectivity index (χ2v) is 11.5. The van der Waals surface area contributed by atoms with Crippen molar-refractivity contribution in [1.82, 2.24) is 29.9 Å². The van der Waals surface area contributed by atoms with Gasteiger partial charge in [0.05, 0.1) is 5.69 Å². The lowest BCUT2D eigenvalue weighted by Crippen LogP contribution is -2.45. The summed E-state index contributed by atoms with van der Waals surface area (Å²) < 4.78 is 28.8. The van der Waals surface area contributed by atoms with Gasteiger partial charge in [-0.1, -0.05) is 30.3 Å². The maximum absolute atomic E-state index is 13.7. The zero-order chi connectivity index (χ0) is 28.0. The topological polar surface area (TPSA) is 97.8 Å². The quantitative estimate of drug-likeness (QED) is 0.320. The number of nitrogens with zero attached hydrogens (tertiary/aromatic N) is 6. The number of nitrogens with one attached hydrogen (secondary N) is 1. The van der Waals surface area contributed by atoms with Gasteiger partial charge in [-0.25, -0.2) is 8.78 Å². The Morgan fingerprint density at radius 3 is 2.49 bits per heavy atom. The van der Waals surface area contributed by atoms with E-state index >= 15 is 0 Å². The van der Waals surface area contributed by atoms with E-state index in [1.54, 1.807) is 0 Å². The molecule has 0 radical (unpaired) electrons. The van der Waals surface area contributed by atoms with Gasteiger partial charge < -0.3 is 11.1 Å². The second kappa shape index (κ2) is 10.5. The van der Waals surface area contributed by atoms with Crippen LogP contribution in [0.2, 0.25) is 0 Å². The van der Waals surface area contributed by atoms with Crippen LogP contribution in [0, 0.1) is 0 Å². The third-order valence-corrected chi connectivity index (χ3v) is 8.88. The molecular weight excluding hydrogens is 522 g/mol. The first-order valence-corrected chi connectivity index (χ1v) is 14.6. The van der Waals surface area contributed by atoms with Crippen LogP contribution in [0.15, 0.2) is 48.5 Å². The zero-order valence-corrected chi connectivity index (χ0v) is 23.0. The minimum atomic E-state index is -2.51. The first kappa shape index (κ1) is 26.0. The highest BCUT2D eigenvalue weighted by atomic mass is 19.3. The van der Waals surface area contributed by atoms with E-state index in [9.17, 15) is 8.78 Å². The maximum Gasteiger partial charge on any atom is 0.250 e. The predicted octanol–water partition coefficient (Wildman–Crippen LogP) is 5.52. The Kier molecular flexibility index (Phi) is 6.65. The molecule has 0 saturated carbocycles. The van der Waals surface area contributed by atoms with Crippen LogP contribution in [-0.2, 0) is 25.7 Å². The number of aryl methyl sites for hydroxylation is 4. The largest absolute Gasteiger partial charge is 0.368 e. The van der Waals surface area contributed by atoms with Crippen molar-refractivity contribution < 1.29 is 8.78 Å². The van der Waals surface area contributed by atoms with E-state index in [0.29, 0.717) is 30.9 Å². The van der Waals surface area contributed by atoms with Gasteiger partial charge in [-0.15, -0.1) is 15.3 Å². The number of hydrogen-bond acceptors (Lipinski definition) is 7. The number of rotatable bonds is 4. The lowest BCUT2D eigenvalue weighted by atomic mass is 10.0. The summed E-state index contributed by atoms with van der Waals surface area (Å²) in [6, 6.07) is 17.1. The molecule has 1 aliphatic heterocycles. The van der Waals surface area contributed by atoms with Crippen molar-refractivity contribution in [2.24, 2.45) is 0 Å². The van der Waals surface area contributed by atoms with Crippen LogP contribution in [-0.4, -0.2) is 54.9 Å². The molecule has 2 aliphatic carbocycles. The van der Waals surface area contributed by atoms with Gasteiger partial charge >= 0.3 is 0 Å². The highest BCUT2D eigenvalue weighted by Crippen LogP contribution is 2.34. The summed E-state index contributed by atoms with van der Waals surface area (Å²) in [6.07, 6.45) is 6.75. The molecule has 3 heterocycles. The molecule has 3 aliphatic rings. The molecule has 41 heavy (non-hydrogen) atoms. The molecule has 2 aromatic heterocycles. The van der Waals surface area contributed by atoms with Crippen LogP contribution >= 0.6 is 0 Å². The Morgan fingerprint density at radius 1 is 0.854 bits per heavy atom. The van der Waals surface area contributed by atoms with Gasteiger partial charge in [0.15, 0.2) is 5.82 Å². The monoisotopic (exact) mass is 556 g/mol. The number of aromatic nitrogens is 5. The summed E-state index contributed by atoms with van der Waals surface area (Å²) in [4.78, 5) is 6.72. The van der Waals surface area contributed by atoms with Crippen LogP contribution < -0.4 is 11.1 Å². The Morgan fingerprint density at radius 2 is 1.63 bits per heavy atom. The number of nitrogens with two attached hydrogens (primary N) is 1. The van der Waals surface area contributed by atoms with Gasteiger partial charge in [0.2, 0.25) is 11.9 Å². The molecule has 0 bridgehead atoms. The fourth-order valence-electron chi connectivity index (χ4n) is 6.60. The van der Waals surface area contributed by atoms with Crippen molar-refractivity contribution in [2.75, 3.05) is 24.1 Å². The summed E-state index contributed by atoms with van der Waals surface area (Å²) in [5, 5.41) is 17.0. The summed E-state index contributed by atoms with van der Waals surface area (Å²) in [5.74, 6) is -1.33. The molecule has 7 rings (SSSR count). The van der Waals surface area contributed by atoms with Gasteiger partial charge in [0.25, 0.3) is 5.92 Å². The van der Waals surface area contributed by atoms with Crippen LogP contribution in [0.5, 0.6) is 0 Å². The third-order valence-electron chi connectivity index (χ3n) is 8.88. The number of fused-ring (bicyclic) bond motifs is 4. The first-order chi connectivity index (χ1) is 19.9. The number of hydrogen-bond donors (Lipinski definition) is 2. The highest BCUT2D eigenvalue weighted by molar-refractivity contribution is 5.68. The Hall–Kier alpha value is -3.92. The lowest BCUT2D eigenvalue weighted by Gasteiger charge is -2.37. The summed E-state index contributed by atoms with van der Waals surface area (Å²) in [7, 11) is 0. The number of halogens is 2. The van der Waals surface area contributed by atoms with Crippen molar-refractivity contribution in [3.63, 3.8) is 0 Å². The summed E-state index contributed by atoms with van der Waals surface area (Å²) in [5.41, 5.74) is 14.3. The van der Waals surface area contributed by atoms with E-state index < -0.39 is 5.92 Å². The van der Waals surface area contributed by atoms with Crippen LogP contribution in [0.1, 0.15) is 54.4 Å². The third kappa shape index (κ3) is 5.28. The number of benzene rings is 2. The fraction of sp³-hybridized carbons (Fsp3) is 0.419.